The molecular formula is C39H63F5O13. The zero-order valence-corrected chi connectivity index (χ0v) is 33.4. The van der Waals surface area contributed by atoms with E-state index in [1.165, 1.54) is 44.9 Å². The number of halogens is 5. The smallest absolute Gasteiger partial charge is 0.313 e. The number of benzene rings is 1. The minimum Gasteiger partial charge on any atom is -0.463 e. The fourth-order valence-corrected chi connectivity index (χ4v) is 4.72. The second kappa shape index (κ2) is 37.7. The molecule has 0 radical (unpaired) electrons. The quantitative estimate of drug-likeness (QED) is 0.0183. The average Bonchev–Trinajstić information content (AvgIpc) is 3.21. The minimum atomic E-state index is -2.35. The van der Waals surface area contributed by atoms with Crippen molar-refractivity contribution in [3.63, 3.8) is 0 Å². The summed E-state index contributed by atoms with van der Waals surface area (Å²) in [7, 11) is 0. The first kappa shape index (κ1) is 52.5. The lowest BCUT2D eigenvalue weighted by Crippen LogP contribution is -2.16. The Bertz CT molecular complexity index is 1120. The van der Waals surface area contributed by atoms with Gasteiger partial charge in [0.25, 0.3) is 0 Å². The number of unbranched alkanes of at least 4 members (excludes halogenated alkanes) is 8. The van der Waals surface area contributed by atoms with Crippen LogP contribution >= 0.6 is 0 Å². The SMILES string of the molecule is CCCCCCCCCCCC(=O)OCCOCCOCCOCCOCCOCCOCCOCCOCCOCCC(=O)Oc1c(F)c(F)c(F)c(F)c1F. The fraction of sp³-hybridized carbons (Fsp3) is 0.795. The highest BCUT2D eigenvalue weighted by Gasteiger charge is 2.28. The van der Waals surface area contributed by atoms with Crippen molar-refractivity contribution < 1.29 is 83.6 Å². The molecule has 57 heavy (non-hydrogen) atoms. The van der Waals surface area contributed by atoms with Gasteiger partial charge in [-0.1, -0.05) is 58.3 Å². The largest absolute Gasteiger partial charge is 0.463 e. The van der Waals surface area contributed by atoms with Crippen molar-refractivity contribution in [1.82, 2.24) is 0 Å². The lowest BCUT2D eigenvalue weighted by Gasteiger charge is -2.09. The summed E-state index contributed by atoms with van der Waals surface area (Å²) in [5.74, 6) is -14.3. The van der Waals surface area contributed by atoms with Crippen LogP contribution in [0.3, 0.4) is 0 Å². The van der Waals surface area contributed by atoms with Crippen LogP contribution in [0.25, 0.3) is 0 Å². The van der Waals surface area contributed by atoms with Crippen LogP contribution in [-0.4, -0.2) is 137 Å². The molecule has 0 saturated heterocycles. The normalized spacial score (nSPS) is 11.4. The molecule has 1 aromatic rings. The van der Waals surface area contributed by atoms with Crippen molar-refractivity contribution >= 4 is 11.9 Å². The summed E-state index contributed by atoms with van der Waals surface area (Å²) in [6.45, 7) is 8.40. The molecule has 0 aliphatic heterocycles. The minimum absolute atomic E-state index is 0.0771. The molecule has 1 aromatic carbocycles. The Morgan fingerprint density at radius 1 is 0.351 bits per heavy atom. The zero-order valence-electron chi connectivity index (χ0n) is 33.4. The van der Waals surface area contributed by atoms with Gasteiger partial charge in [-0.2, -0.15) is 8.78 Å². The Morgan fingerprint density at radius 2 is 0.649 bits per heavy atom. The van der Waals surface area contributed by atoms with Crippen molar-refractivity contribution in [2.75, 3.05) is 126 Å². The molecule has 13 nitrogen and oxygen atoms in total. The van der Waals surface area contributed by atoms with E-state index in [0.29, 0.717) is 98.9 Å². The number of ether oxygens (including phenoxy) is 11. The highest BCUT2D eigenvalue weighted by molar-refractivity contribution is 5.72. The maximum atomic E-state index is 13.6. The molecule has 0 atom stereocenters. The van der Waals surface area contributed by atoms with E-state index in [9.17, 15) is 31.5 Å². The summed E-state index contributed by atoms with van der Waals surface area (Å²) < 4.78 is 124. The topological polar surface area (TPSA) is 136 Å². The molecule has 0 aliphatic rings. The molecular weight excluding hydrogens is 771 g/mol. The Labute approximate surface area is 333 Å². The Hall–Kier alpha value is -2.55. The third-order valence-electron chi connectivity index (χ3n) is 7.79. The summed E-state index contributed by atoms with van der Waals surface area (Å²) in [6, 6.07) is 0. The lowest BCUT2D eigenvalue weighted by molar-refractivity contribution is -0.145. The van der Waals surface area contributed by atoms with Crippen LogP contribution in [0, 0.1) is 29.1 Å². The highest BCUT2D eigenvalue weighted by atomic mass is 19.2. The molecule has 0 aliphatic carbocycles. The van der Waals surface area contributed by atoms with Gasteiger partial charge < -0.3 is 52.1 Å². The number of esters is 2. The van der Waals surface area contributed by atoms with E-state index in [1.807, 2.05) is 0 Å². The van der Waals surface area contributed by atoms with Crippen molar-refractivity contribution in [2.45, 2.75) is 77.6 Å². The molecule has 0 fully saturated rings. The Kier molecular flexibility index (Phi) is 34.7. The van der Waals surface area contributed by atoms with E-state index in [-0.39, 0.29) is 39.0 Å². The molecule has 0 saturated carbocycles. The van der Waals surface area contributed by atoms with Crippen LogP contribution in [0.2, 0.25) is 0 Å². The maximum absolute atomic E-state index is 13.6. The predicted molar refractivity (Wildman–Crippen MR) is 197 cm³/mol. The second-order valence-electron chi connectivity index (χ2n) is 12.4. The zero-order chi connectivity index (χ0) is 41.6. The molecule has 0 heterocycles. The van der Waals surface area contributed by atoms with Crippen LogP contribution < -0.4 is 4.74 Å². The summed E-state index contributed by atoms with van der Waals surface area (Å²) in [4.78, 5) is 23.4. The fourth-order valence-electron chi connectivity index (χ4n) is 4.72. The van der Waals surface area contributed by atoms with Gasteiger partial charge >= 0.3 is 11.9 Å². The number of carbonyl (C=O) groups excluding carboxylic acids is 2. The molecule has 18 heteroatoms. The number of hydrogen-bond acceptors (Lipinski definition) is 13. The molecule has 332 valence electrons. The maximum Gasteiger partial charge on any atom is 0.313 e. The molecule has 0 aromatic heterocycles. The Balaban J connectivity index is 1.73. The van der Waals surface area contributed by atoms with E-state index < -0.39 is 47.2 Å². The first-order valence-corrected chi connectivity index (χ1v) is 19.9. The van der Waals surface area contributed by atoms with Gasteiger partial charge in [0.15, 0.2) is 0 Å². The molecule has 0 amide bonds. The van der Waals surface area contributed by atoms with Crippen LogP contribution in [-0.2, 0) is 57.0 Å². The number of hydrogen-bond donors (Lipinski definition) is 0. The van der Waals surface area contributed by atoms with Crippen molar-refractivity contribution in [3.05, 3.63) is 29.1 Å². The van der Waals surface area contributed by atoms with Gasteiger partial charge in [0.2, 0.25) is 34.8 Å². The van der Waals surface area contributed by atoms with E-state index in [2.05, 4.69) is 11.7 Å². The van der Waals surface area contributed by atoms with Gasteiger partial charge in [-0.05, 0) is 6.42 Å². The van der Waals surface area contributed by atoms with Crippen LogP contribution in [0.5, 0.6) is 5.75 Å². The van der Waals surface area contributed by atoms with E-state index in [4.69, 9.17) is 47.4 Å². The van der Waals surface area contributed by atoms with Gasteiger partial charge in [-0.25, -0.2) is 13.2 Å². The van der Waals surface area contributed by atoms with E-state index in [1.54, 1.807) is 0 Å². The van der Waals surface area contributed by atoms with Crippen molar-refractivity contribution in [3.8, 4) is 5.75 Å². The van der Waals surface area contributed by atoms with E-state index >= 15 is 0 Å². The Morgan fingerprint density at radius 3 is 1.02 bits per heavy atom. The van der Waals surface area contributed by atoms with E-state index in [0.717, 1.165) is 12.8 Å². The highest BCUT2D eigenvalue weighted by Crippen LogP contribution is 2.29. The second-order valence-corrected chi connectivity index (χ2v) is 12.4. The van der Waals surface area contributed by atoms with Crippen LogP contribution in [0.4, 0.5) is 22.0 Å². The molecule has 0 spiro atoms. The first-order chi connectivity index (χ1) is 27.8. The monoisotopic (exact) mass is 834 g/mol. The van der Waals surface area contributed by atoms with Gasteiger partial charge in [0.05, 0.1) is 125 Å². The summed E-state index contributed by atoms with van der Waals surface area (Å²) >= 11 is 0. The number of rotatable bonds is 41. The third-order valence-corrected chi connectivity index (χ3v) is 7.79. The molecule has 1 rings (SSSR count). The molecule has 0 bridgehead atoms. The summed E-state index contributed by atoms with van der Waals surface area (Å²) in [5, 5.41) is 0. The average molecular weight is 835 g/mol. The number of carbonyl (C=O) groups is 2. The van der Waals surface area contributed by atoms with Gasteiger partial charge in [-0.15, -0.1) is 0 Å². The summed E-state index contributed by atoms with van der Waals surface area (Å²) in [6.07, 6.45) is 10.9. The molecule has 0 unspecified atom stereocenters. The van der Waals surface area contributed by atoms with Crippen LogP contribution in [0.15, 0.2) is 0 Å². The summed E-state index contributed by atoms with van der Waals surface area (Å²) in [5.41, 5.74) is 0. The first-order valence-electron chi connectivity index (χ1n) is 19.9. The van der Waals surface area contributed by atoms with Crippen molar-refractivity contribution in [2.24, 2.45) is 0 Å². The standard InChI is InChI=1S/C39H63F5O13/c1-2-3-4-5-6-7-8-9-10-11-32(45)56-31-30-55-29-28-54-27-26-53-25-24-52-23-22-51-21-20-50-19-18-49-17-16-48-15-14-47-13-12-33(46)57-39-37(43)35(41)34(40)36(42)38(39)44/h2-31H2,1H3. The predicted octanol–water partition coefficient (Wildman–Crippen LogP) is 6.29. The third kappa shape index (κ3) is 29.3. The molecule has 0 N–H and O–H groups in total. The van der Waals surface area contributed by atoms with Crippen molar-refractivity contribution in [1.29, 1.82) is 0 Å². The lowest BCUT2D eigenvalue weighted by atomic mass is 10.1. The van der Waals surface area contributed by atoms with Crippen LogP contribution in [0.1, 0.15) is 77.6 Å². The van der Waals surface area contributed by atoms with Gasteiger partial charge in [-0.3, -0.25) is 9.59 Å². The van der Waals surface area contributed by atoms with Gasteiger partial charge in [0.1, 0.15) is 6.61 Å². The van der Waals surface area contributed by atoms with Gasteiger partial charge in [0, 0.05) is 6.42 Å².